The fraction of sp³-hybridized carbons (Fsp3) is 0.647. The summed E-state index contributed by atoms with van der Waals surface area (Å²) in [5.41, 5.74) is 1.16. The molecule has 1 saturated heterocycles. The fourth-order valence-electron chi connectivity index (χ4n) is 3.26. The lowest BCUT2D eigenvalue weighted by Crippen LogP contribution is -2.42. The van der Waals surface area contributed by atoms with E-state index >= 15 is 0 Å². The predicted octanol–water partition coefficient (Wildman–Crippen LogP) is 2.70. The normalized spacial score (nSPS) is 25.2. The molecule has 0 saturated carbocycles. The Bertz CT molecular complexity index is 447. The van der Waals surface area contributed by atoms with E-state index in [1.165, 1.54) is 0 Å². The Morgan fingerprint density at radius 2 is 1.90 bits per heavy atom. The molecule has 0 bridgehead atoms. The molecular formula is C17H27N3O. The van der Waals surface area contributed by atoms with Crippen molar-refractivity contribution in [3.05, 3.63) is 30.1 Å². The molecule has 1 unspecified atom stereocenters. The predicted molar refractivity (Wildman–Crippen MR) is 84.9 cm³/mol. The van der Waals surface area contributed by atoms with Crippen LogP contribution in [-0.4, -0.2) is 36.4 Å². The second-order valence-corrected chi connectivity index (χ2v) is 6.16. The molecule has 4 heteroatoms. The van der Waals surface area contributed by atoms with Crippen molar-refractivity contribution in [1.29, 1.82) is 0 Å². The number of aromatic nitrogens is 1. The van der Waals surface area contributed by atoms with Gasteiger partial charge in [0.1, 0.15) is 0 Å². The molecule has 0 aromatic carbocycles. The SMILES string of the molecule is CN(C)C1(c2ccccn2)CCCCNC(=O)CCCC1. The van der Waals surface area contributed by atoms with Crippen LogP contribution < -0.4 is 5.32 Å². The van der Waals surface area contributed by atoms with Crippen LogP contribution in [0.2, 0.25) is 0 Å². The quantitative estimate of drug-likeness (QED) is 0.910. The summed E-state index contributed by atoms with van der Waals surface area (Å²) in [6.07, 6.45) is 8.83. The Balaban J connectivity index is 2.21. The highest BCUT2D eigenvalue weighted by Gasteiger charge is 2.35. The van der Waals surface area contributed by atoms with E-state index in [0.29, 0.717) is 6.42 Å². The number of hydrogen-bond donors (Lipinski definition) is 1. The van der Waals surface area contributed by atoms with Crippen LogP contribution in [0.25, 0.3) is 0 Å². The van der Waals surface area contributed by atoms with Crippen molar-refractivity contribution >= 4 is 5.91 Å². The first-order valence-electron chi connectivity index (χ1n) is 8.01. The fourth-order valence-corrected chi connectivity index (χ4v) is 3.26. The molecule has 0 radical (unpaired) electrons. The molecule has 1 aliphatic heterocycles. The minimum Gasteiger partial charge on any atom is -0.356 e. The van der Waals surface area contributed by atoms with Crippen LogP contribution in [-0.2, 0) is 10.3 Å². The number of nitrogens with zero attached hydrogens (tertiary/aromatic N) is 2. The van der Waals surface area contributed by atoms with Crippen molar-refractivity contribution in [2.24, 2.45) is 0 Å². The van der Waals surface area contributed by atoms with Crippen LogP contribution in [0.3, 0.4) is 0 Å². The lowest BCUT2D eigenvalue weighted by Gasteiger charge is -2.40. The Morgan fingerprint density at radius 3 is 2.57 bits per heavy atom. The largest absolute Gasteiger partial charge is 0.356 e. The Morgan fingerprint density at radius 1 is 1.14 bits per heavy atom. The molecule has 1 N–H and O–H groups in total. The lowest BCUT2D eigenvalue weighted by atomic mass is 9.82. The van der Waals surface area contributed by atoms with Crippen LogP contribution in [0.4, 0.5) is 0 Å². The highest BCUT2D eigenvalue weighted by Crippen LogP contribution is 2.36. The zero-order valence-electron chi connectivity index (χ0n) is 13.3. The summed E-state index contributed by atoms with van der Waals surface area (Å²) >= 11 is 0. The molecule has 0 aliphatic carbocycles. The number of carbonyl (C=O) groups is 1. The van der Waals surface area contributed by atoms with Gasteiger partial charge in [-0.3, -0.25) is 14.7 Å². The van der Waals surface area contributed by atoms with Gasteiger partial charge >= 0.3 is 0 Å². The summed E-state index contributed by atoms with van der Waals surface area (Å²) in [7, 11) is 4.30. The zero-order valence-corrected chi connectivity index (χ0v) is 13.3. The maximum absolute atomic E-state index is 11.6. The Kier molecular flexibility index (Phi) is 5.74. The van der Waals surface area contributed by atoms with Crippen molar-refractivity contribution < 1.29 is 4.79 Å². The van der Waals surface area contributed by atoms with Crippen molar-refractivity contribution in [3.8, 4) is 0 Å². The van der Waals surface area contributed by atoms with Gasteiger partial charge in [0, 0.05) is 19.2 Å². The van der Waals surface area contributed by atoms with Gasteiger partial charge in [-0.2, -0.15) is 0 Å². The summed E-state index contributed by atoms with van der Waals surface area (Å²) in [6.45, 7) is 0.796. The Labute approximate surface area is 127 Å². The highest BCUT2D eigenvalue weighted by atomic mass is 16.1. The number of pyridine rings is 1. The lowest BCUT2D eigenvalue weighted by molar-refractivity contribution is -0.121. The number of rotatable bonds is 2. The van der Waals surface area contributed by atoms with E-state index in [9.17, 15) is 4.79 Å². The van der Waals surface area contributed by atoms with Gasteiger partial charge in [-0.05, 0) is 58.3 Å². The van der Waals surface area contributed by atoms with E-state index in [2.05, 4.69) is 41.4 Å². The van der Waals surface area contributed by atoms with Crippen LogP contribution in [0, 0.1) is 0 Å². The minimum absolute atomic E-state index is 0.00531. The standard InChI is InChI=1S/C17H27N3O/c1-20(2)17(15-9-4-7-13-18-15)11-5-3-10-16(21)19-14-8-6-12-17/h4,7,9,13H,3,5-6,8,10-12,14H2,1-2H3,(H,19,21). The average Bonchev–Trinajstić information content (AvgIpc) is 2.53. The van der Waals surface area contributed by atoms with E-state index in [0.717, 1.165) is 50.8 Å². The number of carbonyl (C=O) groups excluding carboxylic acids is 1. The van der Waals surface area contributed by atoms with Gasteiger partial charge < -0.3 is 5.32 Å². The first-order valence-corrected chi connectivity index (χ1v) is 8.01. The molecule has 4 nitrogen and oxygen atoms in total. The van der Waals surface area contributed by atoms with E-state index < -0.39 is 0 Å². The van der Waals surface area contributed by atoms with Gasteiger partial charge in [0.2, 0.25) is 5.91 Å². The van der Waals surface area contributed by atoms with E-state index in [1.54, 1.807) is 0 Å². The molecule has 2 rings (SSSR count). The maximum Gasteiger partial charge on any atom is 0.219 e. The van der Waals surface area contributed by atoms with Crippen molar-refractivity contribution in [3.63, 3.8) is 0 Å². The average molecular weight is 289 g/mol. The zero-order chi connectivity index (χ0) is 15.1. The first kappa shape index (κ1) is 16.0. The van der Waals surface area contributed by atoms with Crippen LogP contribution in [0.5, 0.6) is 0 Å². The third-order valence-corrected chi connectivity index (χ3v) is 4.58. The van der Waals surface area contributed by atoms with Crippen molar-refractivity contribution in [1.82, 2.24) is 15.2 Å². The topological polar surface area (TPSA) is 45.2 Å². The van der Waals surface area contributed by atoms with Gasteiger partial charge in [-0.1, -0.05) is 12.5 Å². The molecule has 1 amide bonds. The minimum atomic E-state index is -0.00531. The number of amides is 1. The molecule has 21 heavy (non-hydrogen) atoms. The first-order chi connectivity index (χ1) is 10.1. The third kappa shape index (κ3) is 4.03. The molecule has 1 aromatic heterocycles. The molecule has 116 valence electrons. The smallest absolute Gasteiger partial charge is 0.219 e. The second-order valence-electron chi connectivity index (χ2n) is 6.16. The monoisotopic (exact) mass is 289 g/mol. The number of hydrogen-bond acceptors (Lipinski definition) is 3. The molecular weight excluding hydrogens is 262 g/mol. The van der Waals surface area contributed by atoms with Gasteiger partial charge in [-0.25, -0.2) is 0 Å². The van der Waals surface area contributed by atoms with E-state index in [1.807, 2.05) is 12.3 Å². The molecule has 1 aliphatic rings. The summed E-state index contributed by atoms with van der Waals surface area (Å²) < 4.78 is 0. The molecule has 0 spiro atoms. The molecule has 1 atom stereocenters. The van der Waals surface area contributed by atoms with Crippen molar-refractivity contribution in [2.45, 2.75) is 50.5 Å². The van der Waals surface area contributed by atoms with E-state index in [4.69, 9.17) is 0 Å². The van der Waals surface area contributed by atoms with Crippen molar-refractivity contribution in [2.75, 3.05) is 20.6 Å². The molecule has 1 aromatic rings. The van der Waals surface area contributed by atoms with E-state index in [-0.39, 0.29) is 11.4 Å². The summed E-state index contributed by atoms with van der Waals surface area (Å²) in [6, 6.07) is 6.19. The van der Waals surface area contributed by atoms with Crippen LogP contribution in [0.1, 0.15) is 50.6 Å². The van der Waals surface area contributed by atoms with Crippen LogP contribution in [0.15, 0.2) is 24.4 Å². The van der Waals surface area contributed by atoms with Gasteiger partial charge in [0.05, 0.1) is 11.2 Å². The third-order valence-electron chi connectivity index (χ3n) is 4.58. The van der Waals surface area contributed by atoms with Gasteiger partial charge in [0.25, 0.3) is 0 Å². The van der Waals surface area contributed by atoms with Gasteiger partial charge in [-0.15, -0.1) is 0 Å². The summed E-state index contributed by atoms with van der Waals surface area (Å²) in [5, 5.41) is 3.01. The summed E-state index contributed by atoms with van der Waals surface area (Å²) in [5.74, 6) is 0.199. The van der Waals surface area contributed by atoms with Gasteiger partial charge in [0.15, 0.2) is 0 Å². The summed E-state index contributed by atoms with van der Waals surface area (Å²) in [4.78, 5) is 18.6. The maximum atomic E-state index is 11.6. The Hall–Kier alpha value is -1.42. The molecule has 2 heterocycles. The highest BCUT2D eigenvalue weighted by molar-refractivity contribution is 5.75. The number of nitrogens with one attached hydrogen (secondary N) is 1. The molecule has 1 fully saturated rings. The van der Waals surface area contributed by atoms with Crippen LogP contribution >= 0.6 is 0 Å². The second kappa shape index (κ2) is 7.55.